The number of phenolic OH excluding ortho intramolecular Hbond substituents is 1. The zero-order valence-corrected chi connectivity index (χ0v) is 16.1. The lowest BCUT2D eigenvalue weighted by Crippen LogP contribution is -2.48. The summed E-state index contributed by atoms with van der Waals surface area (Å²) in [5.74, 6) is 0.462. The maximum Gasteiger partial charge on any atom is 0.255 e. The van der Waals surface area contributed by atoms with Gasteiger partial charge in [-0.25, -0.2) is 0 Å². The third-order valence-corrected chi connectivity index (χ3v) is 4.48. The molecular weight excluding hydrogens is 342 g/mol. The number of carbonyl (C=O) groups is 1. The van der Waals surface area contributed by atoms with Crippen LogP contribution in [0.2, 0.25) is 0 Å². The van der Waals surface area contributed by atoms with Gasteiger partial charge in [-0.1, -0.05) is 18.2 Å². The highest BCUT2D eigenvalue weighted by Gasteiger charge is 2.19. The van der Waals surface area contributed by atoms with Crippen molar-refractivity contribution in [2.75, 3.05) is 39.3 Å². The minimum atomic E-state index is -0.296. The van der Waals surface area contributed by atoms with Crippen molar-refractivity contribution in [3.05, 3.63) is 42.5 Å². The maximum absolute atomic E-state index is 12.1. The summed E-state index contributed by atoms with van der Waals surface area (Å²) in [5, 5.41) is 19.2. The lowest BCUT2D eigenvalue weighted by atomic mass is 10.1. The smallest absolute Gasteiger partial charge is 0.255 e. The van der Waals surface area contributed by atoms with Crippen LogP contribution in [-0.4, -0.2) is 67.2 Å². The van der Waals surface area contributed by atoms with Gasteiger partial charge in [0.1, 0.15) is 5.75 Å². The van der Waals surface area contributed by atoms with E-state index in [9.17, 15) is 9.90 Å². The van der Waals surface area contributed by atoms with E-state index < -0.39 is 0 Å². The first-order chi connectivity index (χ1) is 13.1. The maximum atomic E-state index is 12.1. The highest BCUT2D eigenvalue weighted by atomic mass is 16.3. The van der Waals surface area contributed by atoms with Crippen molar-refractivity contribution in [2.45, 2.75) is 25.8 Å². The molecule has 27 heavy (non-hydrogen) atoms. The molecule has 0 spiro atoms. The average molecular weight is 374 g/mol. The number of para-hydroxylation sites is 1. The Morgan fingerprint density at radius 1 is 1.33 bits per heavy atom. The number of piperidine rings is 1. The van der Waals surface area contributed by atoms with Crippen LogP contribution in [0.4, 0.5) is 0 Å². The van der Waals surface area contributed by atoms with E-state index in [-0.39, 0.29) is 17.2 Å². The molecule has 0 atom stereocenters. The highest BCUT2D eigenvalue weighted by molar-refractivity contribution is 5.96. The fourth-order valence-electron chi connectivity index (χ4n) is 3.05. The van der Waals surface area contributed by atoms with Crippen LogP contribution in [0.3, 0.4) is 0 Å². The number of hydrogen-bond donors (Lipinski definition) is 4. The van der Waals surface area contributed by atoms with Gasteiger partial charge < -0.3 is 21.1 Å². The molecule has 1 amide bonds. The summed E-state index contributed by atoms with van der Waals surface area (Å²) in [5.41, 5.74) is 0.276. The van der Waals surface area contributed by atoms with E-state index in [0.717, 1.165) is 45.0 Å². The molecule has 1 aromatic carbocycles. The quantitative estimate of drug-likeness (QED) is 0.239. The normalized spacial score (nSPS) is 16.0. The molecule has 1 aromatic rings. The summed E-state index contributed by atoms with van der Waals surface area (Å²) in [7, 11) is 0. The summed E-state index contributed by atoms with van der Waals surface area (Å²) in [6.45, 7) is 10.5. The van der Waals surface area contributed by atoms with E-state index in [0.29, 0.717) is 19.1 Å². The summed E-state index contributed by atoms with van der Waals surface area (Å²) >= 11 is 0. The molecule has 0 saturated carbocycles. The third kappa shape index (κ3) is 6.94. The number of nitrogens with one attached hydrogen (secondary N) is 3. The van der Waals surface area contributed by atoms with Crippen LogP contribution in [0.25, 0.3) is 0 Å². The second-order valence-electron chi connectivity index (χ2n) is 6.54. The van der Waals surface area contributed by atoms with Crippen LogP contribution >= 0.6 is 0 Å². The molecule has 1 aliphatic rings. The van der Waals surface area contributed by atoms with Crippen molar-refractivity contribution in [3.8, 4) is 5.75 Å². The number of phenols is 1. The molecule has 0 radical (unpaired) electrons. The number of aromatic hydroxyl groups is 1. The van der Waals surface area contributed by atoms with Gasteiger partial charge >= 0.3 is 0 Å². The van der Waals surface area contributed by atoms with Crippen LogP contribution in [0.1, 0.15) is 30.1 Å². The SMILES string of the molecule is C=CCN1CCC(NC(=NCCNC(=O)c2ccccc2O)NCC)CC1. The number of guanidine groups is 1. The third-order valence-electron chi connectivity index (χ3n) is 4.48. The Bertz CT molecular complexity index is 639. The molecule has 1 heterocycles. The van der Waals surface area contributed by atoms with Crippen molar-refractivity contribution >= 4 is 11.9 Å². The lowest BCUT2D eigenvalue weighted by Gasteiger charge is -2.32. The molecule has 7 heteroatoms. The monoisotopic (exact) mass is 373 g/mol. The first kappa shape index (κ1) is 20.8. The predicted molar refractivity (Wildman–Crippen MR) is 109 cm³/mol. The average Bonchev–Trinajstić information content (AvgIpc) is 2.67. The highest BCUT2D eigenvalue weighted by Crippen LogP contribution is 2.14. The summed E-state index contributed by atoms with van der Waals surface area (Å²) < 4.78 is 0. The van der Waals surface area contributed by atoms with Crippen molar-refractivity contribution in [2.24, 2.45) is 4.99 Å². The van der Waals surface area contributed by atoms with Gasteiger partial charge in [-0.05, 0) is 31.9 Å². The fraction of sp³-hybridized carbons (Fsp3) is 0.500. The summed E-state index contributed by atoms with van der Waals surface area (Å²) in [4.78, 5) is 19.0. The second-order valence-corrected chi connectivity index (χ2v) is 6.54. The zero-order valence-electron chi connectivity index (χ0n) is 16.1. The lowest BCUT2D eigenvalue weighted by molar-refractivity contribution is 0.0952. The molecule has 7 nitrogen and oxygen atoms in total. The second kappa shape index (κ2) is 11.2. The Kier molecular flexibility index (Phi) is 8.64. The van der Waals surface area contributed by atoms with E-state index in [4.69, 9.17) is 0 Å². The van der Waals surface area contributed by atoms with Crippen LogP contribution in [-0.2, 0) is 0 Å². The number of nitrogens with zero attached hydrogens (tertiary/aromatic N) is 2. The van der Waals surface area contributed by atoms with Crippen molar-refractivity contribution in [3.63, 3.8) is 0 Å². The van der Waals surface area contributed by atoms with Crippen molar-refractivity contribution in [1.82, 2.24) is 20.9 Å². The minimum absolute atomic E-state index is 0.0173. The molecule has 0 aliphatic carbocycles. The number of benzene rings is 1. The van der Waals surface area contributed by atoms with Gasteiger partial charge in [0.2, 0.25) is 0 Å². The van der Waals surface area contributed by atoms with Gasteiger partial charge in [0.05, 0.1) is 12.1 Å². The van der Waals surface area contributed by atoms with Crippen molar-refractivity contribution < 1.29 is 9.90 Å². The van der Waals surface area contributed by atoms with Crippen LogP contribution in [0, 0.1) is 0 Å². The molecule has 0 bridgehead atoms. The van der Waals surface area contributed by atoms with E-state index in [1.807, 2.05) is 13.0 Å². The number of hydrogen-bond acceptors (Lipinski definition) is 4. The molecule has 2 rings (SSSR count). The molecule has 1 saturated heterocycles. The number of rotatable bonds is 8. The van der Waals surface area contributed by atoms with E-state index in [1.54, 1.807) is 18.2 Å². The van der Waals surface area contributed by atoms with Gasteiger partial charge in [-0.15, -0.1) is 6.58 Å². The number of likely N-dealkylation sites (tertiary alicyclic amines) is 1. The number of amides is 1. The summed E-state index contributed by atoms with van der Waals surface area (Å²) in [6, 6.07) is 6.91. The molecule has 148 valence electrons. The van der Waals surface area contributed by atoms with Gasteiger partial charge in [0.15, 0.2) is 5.96 Å². The molecule has 1 fully saturated rings. The van der Waals surface area contributed by atoms with E-state index >= 15 is 0 Å². The predicted octanol–water partition coefficient (Wildman–Crippen LogP) is 1.33. The number of carbonyl (C=O) groups excluding carboxylic acids is 1. The summed E-state index contributed by atoms with van der Waals surface area (Å²) in [6.07, 6.45) is 4.09. The van der Waals surface area contributed by atoms with E-state index in [1.165, 1.54) is 6.07 Å². The van der Waals surface area contributed by atoms with Crippen LogP contribution in [0.15, 0.2) is 41.9 Å². The van der Waals surface area contributed by atoms with E-state index in [2.05, 4.69) is 32.4 Å². The molecule has 0 unspecified atom stereocenters. The molecule has 1 aliphatic heterocycles. The van der Waals surface area contributed by atoms with Crippen LogP contribution < -0.4 is 16.0 Å². The van der Waals surface area contributed by atoms with Gasteiger partial charge in [-0.2, -0.15) is 0 Å². The topological polar surface area (TPSA) is 89.0 Å². The first-order valence-corrected chi connectivity index (χ1v) is 9.58. The standard InChI is InChI=1S/C20H31N5O2/c1-3-13-25-14-9-16(10-15-25)24-20(21-4-2)23-12-11-22-19(27)17-7-5-6-8-18(17)26/h3,5-8,16,26H,1,4,9-15H2,2H3,(H,22,27)(H2,21,23,24). The molecular formula is C20H31N5O2. The van der Waals surface area contributed by atoms with Gasteiger partial charge in [0.25, 0.3) is 5.91 Å². The van der Waals surface area contributed by atoms with Gasteiger partial charge in [0, 0.05) is 38.8 Å². The molecule has 4 N–H and O–H groups in total. The Hall–Kier alpha value is -2.54. The van der Waals surface area contributed by atoms with Crippen LogP contribution in [0.5, 0.6) is 5.75 Å². The largest absolute Gasteiger partial charge is 0.507 e. The molecule has 0 aromatic heterocycles. The first-order valence-electron chi connectivity index (χ1n) is 9.58. The Morgan fingerprint density at radius 3 is 2.74 bits per heavy atom. The Labute approximate surface area is 161 Å². The zero-order chi connectivity index (χ0) is 19.5. The fourth-order valence-corrected chi connectivity index (χ4v) is 3.05. The van der Waals surface area contributed by atoms with Gasteiger partial charge in [-0.3, -0.25) is 14.7 Å². The van der Waals surface area contributed by atoms with Crippen molar-refractivity contribution in [1.29, 1.82) is 0 Å². The number of aliphatic imine (C=N–C) groups is 1. The Morgan fingerprint density at radius 2 is 2.07 bits per heavy atom. The Balaban J connectivity index is 1.77. The minimum Gasteiger partial charge on any atom is -0.507 e.